The van der Waals surface area contributed by atoms with Gasteiger partial charge in [0, 0.05) is 6.54 Å². The van der Waals surface area contributed by atoms with Gasteiger partial charge in [0.15, 0.2) is 0 Å². The monoisotopic (exact) mass is 201 g/mol. The fourth-order valence-corrected chi connectivity index (χ4v) is 1.39. The van der Waals surface area contributed by atoms with Crippen molar-refractivity contribution in [3.8, 4) is 0 Å². The molecule has 0 radical (unpaired) electrons. The van der Waals surface area contributed by atoms with Gasteiger partial charge in [-0.1, -0.05) is 18.2 Å². The number of H-pyrrole nitrogens is 1. The third-order valence-electron chi connectivity index (χ3n) is 2.11. The van der Waals surface area contributed by atoms with Crippen LogP contribution in [0.15, 0.2) is 35.4 Å². The molecule has 2 aromatic rings. The van der Waals surface area contributed by atoms with Gasteiger partial charge in [0.25, 0.3) is 5.56 Å². The molecule has 76 valence electrons. The fourth-order valence-electron chi connectivity index (χ4n) is 1.39. The molecule has 0 atom stereocenters. The van der Waals surface area contributed by atoms with E-state index in [2.05, 4.69) is 9.97 Å². The molecule has 4 nitrogen and oxygen atoms in total. The second-order valence-corrected chi connectivity index (χ2v) is 3.15. The summed E-state index contributed by atoms with van der Waals surface area (Å²) in [6.45, 7) is 0.488. The lowest BCUT2D eigenvalue weighted by Gasteiger charge is -1.97. The van der Waals surface area contributed by atoms with E-state index in [9.17, 15) is 4.79 Å². The molecule has 0 saturated carbocycles. The van der Waals surface area contributed by atoms with E-state index in [1.165, 1.54) is 6.33 Å². The molecular weight excluding hydrogens is 190 g/mol. The van der Waals surface area contributed by atoms with E-state index in [1.807, 2.05) is 24.3 Å². The predicted octanol–water partition coefficient (Wildman–Crippen LogP) is 0.895. The number of aromatic amines is 1. The van der Waals surface area contributed by atoms with Crippen LogP contribution >= 0.6 is 0 Å². The number of fused-ring (bicyclic) bond motifs is 1. The average molecular weight is 201 g/mol. The van der Waals surface area contributed by atoms with Gasteiger partial charge in [-0.3, -0.25) is 4.79 Å². The zero-order valence-electron chi connectivity index (χ0n) is 8.10. The van der Waals surface area contributed by atoms with Gasteiger partial charge in [0.1, 0.15) is 0 Å². The van der Waals surface area contributed by atoms with Crippen LogP contribution < -0.4 is 11.3 Å². The molecule has 0 saturated heterocycles. The molecule has 0 aliphatic carbocycles. The normalized spacial score (nSPS) is 11.3. The minimum Gasteiger partial charge on any atom is -0.327 e. The molecule has 0 spiro atoms. The third-order valence-corrected chi connectivity index (χ3v) is 2.11. The molecule has 3 N–H and O–H groups in total. The first kappa shape index (κ1) is 9.61. The van der Waals surface area contributed by atoms with Gasteiger partial charge >= 0.3 is 0 Å². The highest BCUT2D eigenvalue weighted by atomic mass is 16.1. The highest BCUT2D eigenvalue weighted by molar-refractivity contribution is 5.80. The predicted molar refractivity (Wildman–Crippen MR) is 60.5 cm³/mol. The molecule has 15 heavy (non-hydrogen) atoms. The maximum Gasteiger partial charge on any atom is 0.258 e. The Morgan fingerprint density at radius 3 is 3.13 bits per heavy atom. The van der Waals surface area contributed by atoms with E-state index in [0.717, 1.165) is 5.56 Å². The first-order chi connectivity index (χ1) is 7.31. The quantitative estimate of drug-likeness (QED) is 0.758. The van der Waals surface area contributed by atoms with Crippen LogP contribution in [-0.4, -0.2) is 16.5 Å². The van der Waals surface area contributed by atoms with Crippen LogP contribution in [0.3, 0.4) is 0 Å². The Morgan fingerprint density at radius 1 is 1.47 bits per heavy atom. The lowest BCUT2D eigenvalue weighted by molar-refractivity contribution is 1.17. The Hall–Kier alpha value is -1.94. The summed E-state index contributed by atoms with van der Waals surface area (Å²) in [4.78, 5) is 18.1. The molecule has 0 aliphatic heterocycles. The van der Waals surface area contributed by atoms with Crippen molar-refractivity contribution in [2.24, 2.45) is 5.73 Å². The third kappa shape index (κ3) is 1.94. The smallest absolute Gasteiger partial charge is 0.258 e. The molecular formula is C11H11N3O. The largest absolute Gasteiger partial charge is 0.327 e. The molecule has 0 amide bonds. The van der Waals surface area contributed by atoms with E-state index in [-0.39, 0.29) is 5.56 Å². The van der Waals surface area contributed by atoms with E-state index in [0.29, 0.717) is 17.4 Å². The summed E-state index contributed by atoms with van der Waals surface area (Å²) in [5, 5.41) is 0.594. The molecule has 0 bridgehead atoms. The topological polar surface area (TPSA) is 71.8 Å². The maximum atomic E-state index is 11.5. The standard InChI is InChI=1S/C11H11N3O/c12-5-1-2-8-3-4-10-9(6-8)11(15)14-7-13-10/h1-4,6-7H,5,12H2,(H,13,14,15). The Labute approximate surface area is 86.5 Å². The molecule has 0 fully saturated rings. The minimum absolute atomic E-state index is 0.122. The molecule has 1 aromatic carbocycles. The second kappa shape index (κ2) is 4.06. The summed E-state index contributed by atoms with van der Waals surface area (Å²) >= 11 is 0. The summed E-state index contributed by atoms with van der Waals surface area (Å²) in [6, 6.07) is 5.52. The zero-order valence-corrected chi connectivity index (χ0v) is 8.10. The zero-order chi connectivity index (χ0) is 10.7. The highest BCUT2D eigenvalue weighted by Gasteiger charge is 1.98. The van der Waals surface area contributed by atoms with Crippen LogP contribution in [0.25, 0.3) is 17.0 Å². The summed E-state index contributed by atoms with van der Waals surface area (Å²) < 4.78 is 0. The van der Waals surface area contributed by atoms with Gasteiger partial charge in [-0.25, -0.2) is 4.98 Å². The Morgan fingerprint density at radius 2 is 2.33 bits per heavy atom. The number of hydrogen-bond donors (Lipinski definition) is 2. The first-order valence-corrected chi connectivity index (χ1v) is 4.65. The van der Waals surface area contributed by atoms with E-state index >= 15 is 0 Å². The first-order valence-electron chi connectivity index (χ1n) is 4.65. The van der Waals surface area contributed by atoms with Crippen LogP contribution in [0.2, 0.25) is 0 Å². The molecule has 0 aliphatic rings. The number of benzene rings is 1. The van der Waals surface area contributed by atoms with Crippen LogP contribution in [0, 0.1) is 0 Å². The second-order valence-electron chi connectivity index (χ2n) is 3.15. The van der Waals surface area contributed by atoms with Gasteiger partial charge in [-0.05, 0) is 17.7 Å². The van der Waals surface area contributed by atoms with Crippen molar-refractivity contribution in [2.75, 3.05) is 6.54 Å². The molecule has 1 heterocycles. The number of hydrogen-bond acceptors (Lipinski definition) is 3. The Bertz CT molecular complexity index is 557. The minimum atomic E-state index is -0.122. The van der Waals surface area contributed by atoms with Crippen LogP contribution in [0.5, 0.6) is 0 Å². The van der Waals surface area contributed by atoms with Crippen LogP contribution in [-0.2, 0) is 0 Å². The van der Waals surface area contributed by atoms with Gasteiger partial charge in [-0.2, -0.15) is 0 Å². The number of nitrogens with two attached hydrogens (primary N) is 1. The summed E-state index contributed by atoms with van der Waals surface area (Å²) in [5.74, 6) is 0. The molecule has 0 unspecified atom stereocenters. The van der Waals surface area contributed by atoms with Crippen molar-refractivity contribution in [3.63, 3.8) is 0 Å². The Kier molecular flexibility index (Phi) is 2.60. The van der Waals surface area contributed by atoms with Gasteiger partial charge in [0.2, 0.25) is 0 Å². The van der Waals surface area contributed by atoms with Gasteiger partial charge in [-0.15, -0.1) is 0 Å². The summed E-state index contributed by atoms with van der Waals surface area (Å²) in [5.41, 5.74) is 6.88. The van der Waals surface area contributed by atoms with Gasteiger partial charge in [0.05, 0.1) is 17.2 Å². The maximum absolute atomic E-state index is 11.5. The highest BCUT2D eigenvalue weighted by Crippen LogP contribution is 2.10. The van der Waals surface area contributed by atoms with Crippen LogP contribution in [0.1, 0.15) is 5.56 Å². The number of nitrogens with zero attached hydrogens (tertiary/aromatic N) is 1. The molecule has 1 aromatic heterocycles. The van der Waals surface area contributed by atoms with E-state index in [4.69, 9.17) is 5.73 Å². The lowest BCUT2D eigenvalue weighted by Crippen LogP contribution is -2.06. The lowest BCUT2D eigenvalue weighted by atomic mass is 10.1. The van der Waals surface area contributed by atoms with Crippen molar-refractivity contribution >= 4 is 17.0 Å². The molecule has 4 heteroatoms. The molecule has 2 rings (SSSR count). The van der Waals surface area contributed by atoms with Crippen molar-refractivity contribution < 1.29 is 0 Å². The average Bonchev–Trinajstić information content (AvgIpc) is 2.27. The van der Waals surface area contributed by atoms with Crippen molar-refractivity contribution in [2.45, 2.75) is 0 Å². The van der Waals surface area contributed by atoms with E-state index in [1.54, 1.807) is 6.07 Å². The van der Waals surface area contributed by atoms with Crippen molar-refractivity contribution in [3.05, 3.63) is 46.5 Å². The Balaban J connectivity index is 2.60. The fraction of sp³-hybridized carbons (Fsp3) is 0.0909. The van der Waals surface area contributed by atoms with Crippen molar-refractivity contribution in [1.29, 1.82) is 0 Å². The number of nitrogens with one attached hydrogen (secondary N) is 1. The number of rotatable bonds is 2. The summed E-state index contributed by atoms with van der Waals surface area (Å²) in [7, 11) is 0. The van der Waals surface area contributed by atoms with Crippen molar-refractivity contribution in [1.82, 2.24) is 9.97 Å². The number of aromatic nitrogens is 2. The van der Waals surface area contributed by atoms with Gasteiger partial charge < -0.3 is 10.7 Å². The SMILES string of the molecule is NCC=Cc1ccc2nc[nH]c(=O)c2c1. The summed E-state index contributed by atoms with van der Waals surface area (Å²) in [6.07, 6.45) is 5.12. The van der Waals surface area contributed by atoms with E-state index < -0.39 is 0 Å². The van der Waals surface area contributed by atoms with Crippen LogP contribution in [0.4, 0.5) is 0 Å².